The van der Waals surface area contributed by atoms with Crippen LogP contribution in [0.25, 0.3) is 6.08 Å². The van der Waals surface area contributed by atoms with Crippen molar-refractivity contribution >= 4 is 12.0 Å². The number of hydrogen-bond acceptors (Lipinski definition) is 1. The van der Waals surface area contributed by atoms with Crippen LogP contribution in [-0.2, 0) is 10.2 Å². The van der Waals surface area contributed by atoms with Gasteiger partial charge in [-0.25, -0.2) is 0 Å². The fraction of sp³-hybridized carbons (Fsp3) is 0.276. The third-order valence-corrected chi connectivity index (χ3v) is 7.01. The first-order chi connectivity index (χ1) is 15.3. The molecule has 3 aromatic carbocycles. The maximum Gasteiger partial charge on any atom is 0.240 e. The van der Waals surface area contributed by atoms with Gasteiger partial charge in [0.1, 0.15) is 5.41 Å². The van der Waals surface area contributed by atoms with Gasteiger partial charge in [-0.2, -0.15) is 0 Å². The van der Waals surface area contributed by atoms with Crippen LogP contribution < -0.4 is 0 Å². The number of carbonyl (C=O) groups is 1. The van der Waals surface area contributed by atoms with Crippen LogP contribution in [0.3, 0.4) is 0 Å². The van der Waals surface area contributed by atoms with Crippen LogP contribution >= 0.6 is 0 Å². The number of β-lactam (4-membered cyclic amide) rings is 1. The maximum atomic E-state index is 14.1. The number of rotatable bonds is 5. The van der Waals surface area contributed by atoms with Crippen LogP contribution in [0.4, 0.5) is 0 Å². The van der Waals surface area contributed by atoms with Crippen molar-refractivity contribution < 1.29 is 4.79 Å². The summed E-state index contributed by atoms with van der Waals surface area (Å²) in [6.45, 7) is 0. The zero-order valence-electron chi connectivity index (χ0n) is 17.9. The predicted molar refractivity (Wildman–Crippen MR) is 127 cm³/mol. The van der Waals surface area contributed by atoms with E-state index in [-0.39, 0.29) is 11.9 Å². The second-order valence-corrected chi connectivity index (χ2v) is 8.76. The molecule has 2 fully saturated rings. The molecule has 0 N–H and O–H groups in total. The van der Waals surface area contributed by atoms with Crippen LogP contribution in [-0.4, -0.2) is 22.9 Å². The zero-order valence-corrected chi connectivity index (χ0v) is 17.9. The summed E-state index contributed by atoms with van der Waals surface area (Å²) in [6, 6.07) is 31.5. The van der Waals surface area contributed by atoms with E-state index in [0.29, 0.717) is 6.04 Å². The Balaban J connectivity index is 1.64. The van der Waals surface area contributed by atoms with Crippen LogP contribution in [0.15, 0.2) is 97.1 Å². The summed E-state index contributed by atoms with van der Waals surface area (Å²) in [4.78, 5) is 16.3. The van der Waals surface area contributed by atoms with Gasteiger partial charge in [-0.15, -0.1) is 0 Å². The smallest absolute Gasteiger partial charge is 0.240 e. The fourth-order valence-electron chi connectivity index (χ4n) is 5.51. The number of benzene rings is 3. The molecule has 1 atom stereocenters. The molecule has 156 valence electrons. The molecule has 1 heterocycles. The summed E-state index contributed by atoms with van der Waals surface area (Å²) in [7, 11) is 0. The Morgan fingerprint density at radius 3 is 1.77 bits per heavy atom. The van der Waals surface area contributed by atoms with E-state index in [0.717, 1.165) is 24.0 Å². The molecule has 0 radical (unpaired) electrons. The number of nitrogens with zero attached hydrogens (tertiary/aromatic N) is 1. The molecule has 0 bridgehead atoms. The zero-order chi connectivity index (χ0) is 21.1. The quantitative estimate of drug-likeness (QED) is 0.459. The van der Waals surface area contributed by atoms with E-state index in [2.05, 4.69) is 89.8 Å². The Bertz CT molecular complexity index is 996. The van der Waals surface area contributed by atoms with Crippen LogP contribution in [0.1, 0.15) is 48.8 Å². The van der Waals surface area contributed by atoms with Gasteiger partial charge in [0.15, 0.2) is 0 Å². The Labute approximate surface area is 185 Å². The molecule has 2 nitrogen and oxygen atoms in total. The molecule has 31 heavy (non-hydrogen) atoms. The highest BCUT2D eigenvalue weighted by Crippen LogP contribution is 2.50. The topological polar surface area (TPSA) is 20.3 Å². The summed E-state index contributed by atoms with van der Waals surface area (Å²) in [5.41, 5.74) is 2.67. The minimum absolute atomic E-state index is 0.00751. The monoisotopic (exact) mass is 407 g/mol. The van der Waals surface area contributed by atoms with Crippen molar-refractivity contribution in [3.8, 4) is 0 Å². The summed E-state index contributed by atoms with van der Waals surface area (Å²) in [6.07, 6.45) is 10.4. The first-order valence-corrected chi connectivity index (χ1v) is 11.5. The number of likely N-dealkylation sites (tertiary alicyclic amines) is 1. The lowest BCUT2D eigenvalue weighted by atomic mass is 9.60. The molecule has 1 saturated carbocycles. The molecule has 1 aliphatic carbocycles. The molecule has 2 heteroatoms. The van der Waals surface area contributed by atoms with Gasteiger partial charge in [0, 0.05) is 6.04 Å². The van der Waals surface area contributed by atoms with Crippen molar-refractivity contribution in [3.63, 3.8) is 0 Å². The van der Waals surface area contributed by atoms with Gasteiger partial charge >= 0.3 is 0 Å². The molecule has 1 saturated heterocycles. The lowest BCUT2D eigenvalue weighted by molar-refractivity contribution is -0.159. The SMILES string of the molecule is O=C1N(C2CCCCC2)[C@@H](/C=C\c2ccccc2)C1(c1ccccc1)c1ccccc1. The largest absolute Gasteiger partial charge is 0.330 e. The van der Waals surface area contributed by atoms with Crippen molar-refractivity contribution in [2.45, 2.75) is 49.6 Å². The highest BCUT2D eigenvalue weighted by molar-refractivity contribution is 6.01. The average Bonchev–Trinajstić information content (AvgIpc) is 2.84. The third kappa shape index (κ3) is 3.40. The molecule has 0 unspecified atom stereocenters. The van der Waals surface area contributed by atoms with Crippen molar-refractivity contribution in [2.75, 3.05) is 0 Å². The minimum atomic E-state index is -0.661. The Morgan fingerprint density at radius 2 is 1.23 bits per heavy atom. The summed E-state index contributed by atoms with van der Waals surface area (Å²) >= 11 is 0. The van der Waals surface area contributed by atoms with Gasteiger partial charge in [0.05, 0.1) is 6.04 Å². The van der Waals surface area contributed by atoms with E-state index in [1.165, 1.54) is 24.8 Å². The summed E-state index contributed by atoms with van der Waals surface area (Å²) < 4.78 is 0. The standard InChI is InChI=1S/C29H29NO/c31-28-29(24-15-7-2-8-16-24,25-17-9-3-10-18-25)27(22-21-23-13-5-1-6-14-23)30(28)26-19-11-4-12-20-26/h1-3,5-10,13-18,21-22,26-27H,4,11-12,19-20H2/b22-21-/t27-/m0/s1. The second-order valence-electron chi connectivity index (χ2n) is 8.76. The van der Waals surface area contributed by atoms with Gasteiger partial charge in [-0.3, -0.25) is 4.79 Å². The van der Waals surface area contributed by atoms with E-state index >= 15 is 0 Å². The van der Waals surface area contributed by atoms with Crippen molar-refractivity contribution in [1.29, 1.82) is 0 Å². The molecule has 0 aromatic heterocycles. The van der Waals surface area contributed by atoms with E-state index in [4.69, 9.17) is 0 Å². The Morgan fingerprint density at radius 1 is 0.710 bits per heavy atom. The van der Waals surface area contributed by atoms with Crippen LogP contribution in [0, 0.1) is 0 Å². The minimum Gasteiger partial charge on any atom is -0.330 e. The van der Waals surface area contributed by atoms with Crippen molar-refractivity contribution in [1.82, 2.24) is 4.90 Å². The van der Waals surface area contributed by atoms with Crippen LogP contribution in [0.5, 0.6) is 0 Å². The lowest BCUT2D eigenvalue weighted by Crippen LogP contribution is -2.73. The van der Waals surface area contributed by atoms with Gasteiger partial charge in [0.2, 0.25) is 5.91 Å². The molecule has 3 aromatic rings. The number of carbonyl (C=O) groups excluding carboxylic acids is 1. The molecule has 0 spiro atoms. The van der Waals surface area contributed by atoms with Crippen LogP contribution in [0.2, 0.25) is 0 Å². The fourth-order valence-corrected chi connectivity index (χ4v) is 5.51. The maximum absolute atomic E-state index is 14.1. The predicted octanol–water partition coefficient (Wildman–Crippen LogP) is 6.23. The van der Waals surface area contributed by atoms with E-state index in [9.17, 15) is 4.79 Å². The van der Waals surface area contributed by atoms with Crippen molar-refractivity contribution in [3.05, 3.63) is 114 Å². The first-order valence-electron chi connectivity index (χ1n) is 11.5. The average molecular weight is 408 g/mol. The lowest BCUT2D eigenvalue weighted by Gasteiger charge is -2.59. The highest BCUT2D eigenvalue weighted by Gasteiger charge is 2.62. The second kappa shape index (κ2) is 8.55. The normalized spacial score (nSPS) is 21.2. The summed E-state index contributed by atoms with van der Waals surface area (Å²) in [5.74, 6) is 0.250. The van der Waals surface area contributed by atoms with E-state index in [1.807, 2.05) is 18.2 Å². The molecule has 2 aliphatic rings. The number of amides is 1. The van der Waals surface area contributed by atoms with Gasteiger partial charge in [0.25, 0.3) is 0 Å². The third-order valence-electron chi connectivity index (χ3n) is 7.01. The molecular weight excluding hydrogens is 378 g/mol. The van der Waals surface area contributed by atoms with Gasteiger partial charge in [-0.05, 0) is 29.5 Å². The van der Waals surface area contributed by atoms with Gasteiger partial charge < -0.3 is 4.90 Å². The Hall–Kier alpha value is -3.13. The van der Waals surface area contributed by atoms with Gasteiger partial charge in [-0.1, -0.05) is 122 Å². The molecule has 1 aliphatic heterocycles. The first kappa shape index (κ1) is 19.8. The molecule has 1 amide bonds. The highest BCUT2D eigenvalue weighted by atomic mass is 16.2. The van der Waals surface area contributed by atoms with E-state index < -0.39 is 5.41 Å². The summed E-state index contributed by atoms with van der Waals surface area (Å²) in [5, 5.41) is 0. The molecular formula is C29H29NO. The van der Waals surface area contributed by atoms with Crippen molar-refractivity contribution in [2.24, 2.45) is 0 Å². The molecule has 5 rings (SSSR count). The Kier molecular flexibility index (Phi) is 5.46. The number of hydrogen-bond donors (Lipinski definition) is 0. The van der Waals surface area contributed by atoms with E-state index in [1.54, 1.807) is 0 Å².